The Morgan fingerprint density at radius 3 is 2.20 bits per heavy atom. The van der Waals surface area contributed by atoms with Crippen LogP contribution in [0.1, 0.15) is 41.0 Å². The summed E-state index contributed by atoms with van der Waals surface area (Å²) in [5.74, 6) is -0.847. The maximum atomic E-state index is 14.2. The van der Waals surface area contributed by atoms with Gasteiger partial charge in [-0.05, 0) is 41.7 Å². The molecule has 214 valence electrons. The number of amides is 3. The van der Waals surface area contributed by atoms with E-state index in [1.54, 1.807) is 23.1 Å². The Bertz CT molecular complexity index is 1340. The number of amidine groups is 1. The van der Waals surface area contributed by atoms with Crippen molar-refractivity contribution >= 4 is 23.7 Å². The lowest BCUT2D eigenvalue weighted by atomic mass is 9.84. The van der Waals surface area contributed by atoms with Crippen LogP contribution in [0.2, 0.25) is 0 Å². The first-order valence-electron chi connectivity index (χ1n) is 13.4. The molecule has 1 fully saturated rings. The van der Waals surface area contributed by atoms with Gasteiger partial charge in [0, 0.05) is 19.0 Å². The highest BCUT2D eigenvalue weighted by atomic mass is 16.5. The number of likely N-dealkylation sites (tertiary alicyclic amines) is 1. The first kappa shape index (κ1) is 29.1. The summed E-state index contributed by atoms with van der Waals surface area (Å²) in [5.41, 5.74) is 8.52. The molecule has 0 radical (unpaired) electrons. The Labute approximate surface area is 239 Å². The molecule has 1 aliphatic heterocycles. The number of nitrogens with two attached hydrogens (primary N) is 1. The highest BCUT2D eigenvalue weighted by Crippen LogP contribution is 2.31. The number of hydrogen-bond donors (Lipinski definition) is 4. The molecule has 41 heavy (non-hydrogen) atoms. The van der Waals surface area contributed by atoms with Crippen molar-refractivity contribution in [2.45, 2.75) is 37.4 Å². The molecule has 3 amide bonds. The zero-order valence-corrected chi connectivity index (χ0v) is 23.1. The van der Waals surface area contributed by atoms with E-state index < -0.39 is 24.1 Å². The maximum Gasteiger partial charge on any atom is 0.407 e. The van der Waals surface area contributed by atoms with Crippen molar-refractivity contribution < 1.29 is 23.9 Å². The first-order chi connectivity index (χ1) is 19.8. The maximum absolute atomic E-state index is 14.2. The SMILES string of the molecule is COC(=O)N[C@@H](C(=O)N1CCC[C@H]1C(=O)NCc1ccc(C(=N)N)c(OC)c1)C(c1ccccc1)c1ccccc1. The predicted octanol–water partition coefficient (Wildman–Crippen LogP) is 3.14. The van der Waals surface area contributed by atoms with E-state index in [1.165, 1.54) is 14.2 Å². The molecule has 0 bridgehead atoms. The lowest BCUT2D eigenvalue weighted by Crippen LogP contribution is -2.55. The van der Waals surface area contributed by atoms with Crippen LogP contribution in [0.15, 0.2) is 78.9 Å². The van der Waals surface area contributed by atoms with Gasteiger partial charge in [-0.25, -0.2) is 4.79 Å². The molecule has 10 nitrogen and oxygen atoms in total. The fourth-order valence-electron chi connectivity index (χ4n) is 5.23. The number of nitrogens with zero attached hydrogens (tertiary/aromatic N) is 1. The third kappa shape index (κ3) is 6.84. The Balaban J connectivity index is 1.58. The van der Waals surface area contributed by atoms with Gasteiger partial charge in [0.1, 0.15) is 23.7 Å². The summed E-state index contributed by atoms with van der Waals surface area (Å²) in [4.78, 5) is 41.6. The molecule has 4 rings (SSSR count). The number of rotatable bonds is 10. The number of carbonyl (C=O) groups excluding carboxylic acids is 3. The highest BCUT2D eigenvalue weighted by Gasteiger charge is 2.41. The summed E-state index contributed by atoms with van der Waals surface area (Å²) in [6.07, 6.45) is 0.414. The molecule has 10 heteroatoms. The van der Waals surface area contributed by atoms with Gasteiger partial charge in [0.05, 0.1) is 19.8 Å². The summed E-state index contributed by atoms with van der Waals surface area (Å²) in [7, 11) is 2.74. The number of nitrogen functional groups attached to an aromatic ring is 1. The minimum atomic E-state index is -1.01. The molecule has 0 aromatic heterocycles. The molecular weight excluding hydrogens is 522 g/mol. The number of carbonyl (C=O) groups is 3. The fourth-order valence-corrected chi connectivity index (χ4v) is 5.23. The van der Waals surface area contributed by atoms with E-state index in [0.717, 1.165) is 16.7 Å². The Morgan fingerprint density at radius 2 is 1.63 bits per heavy atom. The Kier molecular flexibility index (Phi) is 9.57. The van der Waals surface area contributed by atoms with Crippen LogP contribution in [-0.4, -0.2) is 61.5 Å². The van der Waals surface area contributed by atoms with E-state index in [9.17, 15) is 14.4 Å². The van der Waals surface area contributed by atoms with Crippen molar-refractivity contribution in [2.24, 2.45) is 5.73 Å². The van der Waals surface area contributed by atoms with Crippen molar-refractivity contribution in [2.75, 3.05) is 20.8 Å². The van der Waals surface area contributed by atoms with Gasteiger partial charge in [0.2, 0.25) is 11.8 Å². The van der Waals surface area contributed by atoms with Gasteiger partial charge < -0.3 is 30.7 Å². The summed E-state index contributed by atoms with van der Waals surface area (Å²) < 4.78 is 10.2. The summed E-state index contributed by atoms with van der Waals surface area (Å²) in [6.45, 7) is 0.583. The van der Waals surface area contributed by atoms with Gasteiger partial charge in [-0.3, -0.25) is 15.0 Å². The number of methoxy groups -OCH3 is 2. The van der Waals surface area contributed by atoms with E-state index in [-0.39, 0.29) is 24.2 Å². The van der Waals surface area contributed by atoms with Crippen LogP contribution < -0.4 is 21.1 Å². The number of ether oxygens (including phenoxy) is 2. The number of hydrogen-bond acceptors (Lipinski definition) is 6. The number of alkyl carbamates (subject to hydrolysis) is 1. The molecule has 0 saturated carbocycles. The smallest absolute Gasteiger partial charge is 0.407 e. The molecule has 3 aromatic rings. The molecule has 0 aliphatic carbocycles. The van der Waals surface area contributed by atoms with Gasteiger partial charge in [-0.2, -0.15) is 0 Å². The predicted molar refractivity (Wildman–Crippen MR) is 155 cm³/mol. The number of nitrogens with one attached hydrogen (secondary N) is 3. The van der Waals surface area contributed by atoms with Crippen molar-refractivity contribution in [3.8, 4) is 5.75 Å². The van der Waals surface area contributed by atoms with Crippen molar-refractivity contribution in [3.63, 3.8) is 0 Å². The molecule has 0 unspecified atom stereocenters. The van der Waals surface area contributed by atoms with Crippen molar-refractivity contribution in [1.82, 2.24) is 15.5 Å². The van der Waals surface area contributed by atoms with E-state index >= 15 is 0 Å². The van der Waals surface area contributed by atoms with Gasteiger partial charge in [-0.15, -0.1) is 0 Å². The van der Waals surface area contributed by atoms with Crippen molar-refractivity contribution in [3.05, 3.63) is 101 Å². The monoisotopic (exact) mass is 557 g/mol. The van der Waals surface area contributed by atoms with Crippen molar-refractivity contribution in [1.29, 1.82) is 5.41 Å². The number of benzene rings is 3. The molecule has 1 aliphatic rings. The minimum absolute atomic E-state index is 0.114. The highest BCUT2D eigenvalue weighted by molar-refractivity contribution is 5.97. The van der Waals surface area contributed by atoms with E-state index in [0.29, 0.717) is 30.7 Å². The second-order valence-electron chi connectivity index (χ2n) is 9.77. The Morgan fingerprint density at radius 1 is 1.00 bits per heavy atom. The molecule has 3 aromatic carbocycles. The van der Waals surface area contributed by atoms with Crippen LogP contribution in [0.4, 0.5) is 4.79 Å². The van der Waals surface area contributed by atoms with E-state index in [2.05, 4.69) is 10.6 Å². The van der Waals surface area contributed by atoms with Crippen LogP contribution in [-0.2, 0) is 20.9 Å². The van der Waals surface area contributed by atoms with Crippen LogP contribution in [0.3, 0.4) is 0 Å². The standard InChI is InChI=1S/C31H35N5O5/c1-40-25-18-20(15-16-23(25)28(32)33)19-34-29(37)24-14-9-17-36(24)30(38)27(35-31(39)41-2)26(21-10-5-3-6-11-21)22-12-7-4-8-13-22/h3-8,10-13,15-16,18,24,26-27H,9,14,17,19H2,1-2H3,(H3,32,33)(H,34,37)(H,35,39)/t24-,27+/m0/s1. The quantitative estimate of drug-likeness (QED) is 0.222. The van der Waals surface area contributed by atoms with Gasteiger partial charge in [-0.1, -0.05) is 66.7 Å². The zero-order valence-electron chi connectivity index (χ0n) is 23.1. The largest absolute Gasteiger partial charge is 0.496 e. The normalized spacial score (nSPS) is 15.2. The lowest BCUT2D eigenvalue weighted by molar-refractivity contribution is -0.140. The lowest BCUT2D eigenvalue weighted by Gasteiger charge is -2.33. The Hall–Kier alpha value is -4.86. The van der Waals surface area contributed by atoms with Crippen LogP contribution in [0.25, 0.3) is 0 Å². The average Bonchev–Trinajstić information content (AvgIpc) is 3.50. The van der Waals surface area contributed by atoms with Crippen LogP contribution in [0, 0.1) is 5.41 Å². The van der Waals surface area contributed by atoms with Gasteiger partial charge >= 0.3 is 6.09 Å². The molecule has 0 spiro atoms. The molecule has 1 heterocycles. The second kappa shape index (κ2) is 13.5. The molecule has 2 atom stereocenters. The third-order valence-electron chi connectivity index (χ3n) is 7.24. The topological polar surface area (TPSA) is 147 Å². The summed E-state index contributed by atoms with van der Waals surface area (Å²) in [6, 6.07) is 22.4. The average molecular weight is 558 g/mol. The minimum Gasteiger partial charge on any atom is -0.496 e. The van der Waals surface area contributed by atoms with Crippen LogP contribution in [0.5, 0.6) is 5.75 Å². The van der Waals surface area contributed by atoms with Gasteiger partial charge in [0.25, 0.3) is 0 Å². The summed E-state index contributed by atoms with van der Waals surface area (Å²) >= 11 is 0. The van der Waals surface area contributed by atoms with E-state index in [4.69, 9.17) is 20.6 Å². The molecule has 5 N–H and O–H groups in total. The molecule has 1 saturated heterocycles. The second-order valence-corrected chi connectivity index (χ2v) is 9.77. The van der Waals surface area contributed by atoms with E-state index in [1.807, 2.05) is 60.7 Å². The first-order valence-corrected chi connectivity index (χ1v) is 13.4. The third-order valence-corrected chi connectivity index (χ3v) is 7.24. The fraction of sp³-hybridized carbons (Fsp3) is 0.290. The zero-order chi connectivity index (χ0) is 29.4. The molecular formula is C31H35N5O5. The van der Waals surface area contributed by atoms with Crippen LogP contribution >= 0.6 is 0 Å². The van der Waals surface area contributed by atoms with Gasteiger partial charge in [0.15, 0.2) is 0 Å². The summed E-state index contributed by atoms with van der Waals surface area (Å²) in [5, 5.41) is 13.4.